The Morgan fingerprint density at radius 2 is 2.40 bits per heavy atom. The van der Waals surface area contributed by atoms with E-state index in [1.54, 1.807) is 6.08 Å². The van der Waals surface area contributed by atoms with Gasteiger partial charge in [0, 0.05) is 6.42 Å². The van der Waals surface area contributed by atoms with E-state index in [0.29, 0.717) is 11.7 Å². The van der Waals surface area contributed by atoms with Gasteiger partial charge < -0.3 is 0 Å². The topological polar surface area (TPSA) is 17.1 Å². The van der Waals surface area contributed by atoms with E-state index in [4.69, 9.17) is 0 Å². The molecule has 82 valence electrons. The maximum Gasteiger partial charge on any atom is 0.155 e. The highest BCUT2D eigenvalue weighted by Gasteiger charge is 2.10. The molecule has 0 fully saturated rings. The highest BCUT2D eigenvalue weighted by Crippen LogP contribution is 2.20. The molecule has 0 heterocycles. The Morgan fingerprint density at radius 3 is 3.20 bits per heavy atom. The van der Waals surface area contributed by atoms with Gasteiger partial charge in [0.1, 0.15) is 0 Å². The molecule has 1 aliphatic rings. The molecule has 1 heteroatoms. The number of rotatable bonds is 5. The number of unbranched alkanes of at least 4 members (excludes halogenated alkanes) is 1. The predicted octanol–water partition coefficient (Wildman–Crippen LogP) is 3.82. The van der Waals surface area contributed by atoms with Crippen LogP contribution in [0.5, 0.6) is 0 Å². The zero-order valence-corrected chi connectivity index (χ0v) is 9.32. The Hall–Kier alpha value is -1.11. The van der Waals surface area contributed by atoms with Gasteiger partial charge in [-0.3, -0.25) is 4.79 Å². The third kappa shape index (κ3) is 5.36. The predicted molar refractivity (Wildman–Crippen MR) is 64.7 cm³/mol. The van der Waals surface area contributed by atoms with Crippen LogP contribution >= 0.6 is 0 Å². The van der Waals surface area contributed by atoms with Gasteiger partial charge >= 0.3 is 0 Å². The molecule has 0 aromatic heterocycles. The van der Waals surface area contributed by atoms with Gasteiger partial charge in [-0.25, -0.2) is 0 Å². The Bertz CT molecular complexity index is 261. The maximum atomic E-state index is 11.1. The number of hydrogen-bond donors (Lipinski definition) is 0. The van der Waals surface area contributed by atoms with Crippen LogP contribution in [0.1, 0.15) is 38.5 Å². The van der Waals surface area contributed by atoms with Crippen molar-refractivity contribution in [1.82, 2.24) is 0 Å². The van der Waals surface area contributed by atoms with Crippen molar-refractivity contribution >= 4 is 5.78 Å². The summed E-state index contributed by atoms with van der Waals surface area (Å²) in [5.74, 6) is 0.914. The molecule has 0 aromatic carbocycles. The van der Waals surface area contributed by atoms with Gasteiger partial charge in [0.2, 0.25) is 0 Å². The van der Waals surface area contributed by atoms with Crippen LogP contribution in [0.25, 0.3) is 0 Å². The minimum Gasteiger partial charge on any atom is -0.295 e. The number of ketones is 1. The summed E-state index contributed by atoms with van der Waals surface area (Å²) in [6, 6.07) is 0. The maximum absolute atomic E-state index is 11.1. The smallest absolute Gasteiger partial charge is 0.155 e. The average Bonchev–Trinajstić information content (AvgIpc) is 2.43. The first-order valence-corrected chi connectivity index (χ1v) is 5.81. The third-order valence-corrected chi connectivity index (χ3v) is 2.77. The van der Waals surface area contributed by atoms with E-state index in [9.17, 15) is 4.79 Å². The number of carbonyl (C=O) groups excluding carboxylic acids is 1. The van der Waals surface area contributed by atoms with E-state index in [1.807, 2.05) is 12.2 Å². The van der Waals surface area contributed by atoms with Crippen LogP contribution in [0.15, 0.2) is 37.0 Å². The van der Waals surface area contributed by atoms with Crippen molar-refractivity contribution in [2.75, 3.05) is 0 Å². The van der Waals surface area contributed by atoms with Crippen molar-refractivity contribution in [3.63, 3.8) is 0 Å². The second-order valence-corrected chi connectivity index (χ2v) is 4.07. The molecule has 1 rings (SSSR count). The molecule has 1 nitrogen and oxygen atoms in total. The first-order valence-electron chi connectivity index (χ1n) is 5.81. The summed E-state index contributed by atoms with van der Waals surface area (Å²) in [6.07, 6.45) is 16.3. The van der Waals surface area contributed by atoms with Crippen LogP contribution in [-0.2, 0) is 4.79 Å². The zero-order valence-electron chi connectivity index (χ0n) is 9.32. The van der Waals surface area contributed by atoms with Gasteiger partial charge in [0.05, 0.1) is 0 Å². The fourth-order valence-electron chi connectivity index (χ4n) is 1.89. The Morgan fingerprint density at radius 1 is 1.53 bits per heavy atom. The molecule has 0 bridgehead atoms. The van der Waals surface area contributed by atoms with Crippen molar-refractivity contribution in [3.8, 4) is 0 Å². The van der Waals surface area contributed by atoms with Gasteiger partial charge in [0.15, 0.2) is 5.78 Å². The molecule has 0 saturated heterocycles. The summed E-state index contributed by atoms with van der Waals surface area (Å²) in [5.41, 5.74) is 0. The minimum atomic E-state index is 0.295. The first kappa shape index (κ1) is 12.0. The van der Waals surface area contributed by atoms with Gasteiger partial charge in [-0.2, -0.15) is 0 Å². The van der Waals surface area contributed by atoms with Crippen LogP contribution in [0.3, 0.4) is 0 Å². The van der Waals surface area contributed by atoms with Crippen LogP contribution < -0.4 is 0 Å². The first-order chi connectivity index (χ1) is 7.33. The Kier molecular flexibility index (Phi) is 5.76. The Balaban J connectivity index is 2.20. The highest BCUT2D eigenvalue weighted by molar-refractivity contribution is 5.89. The molecule has 0 spiro atoms. The van der Waals surface area contributed by atoms with Crippen LogP contribution in [0, 0.1) is 5.92 Å². The lowest BCUT2D eigenvalue weighted by molar-refractivity contribution is -0.114. The summed E-state index contributed by atoms with van der Waals surface area (Å²) in [4.78, 5) is 11.1. The molecule has 0 aromatic rings. The largest absolute Gasteiger partial charge is 0.295 e. The van der Waals surface area contributed by atoms with E-state index in [-0.39, 0.29) is 0 Å². The minimum absolute atomic E-state index is 0.295. The summed E-state index contributed by atoms with van der Waals surface area (Å²) < 4.78 is 0. The van der Waals surface area contributed by atoms with Crippen molar-refractivity contribution in [1.29, 1.82) is 0 Å². The van der Waals surface area contributed by atoms with Gasteiger partial charge in [-0.1, -0.05) is 30.9 Å². The fraction of sp³-hybridized carbons (Fsp3) is 0.500. The highest BCUT2D eigenvalue weighted by atomic mass is 16.1. The Labute approximate surface area is 92.6 Å². The fourth-order valence-corrected chi connectivity index (χ4v) is 1.89. The van der Waals surface area contributed by atoms with E-state index < -0.39 is 0 Å². The number of allylic oxidation sites excluding steroid dienone is 5. The van der Waals surface area contributed by atoms with Gasteiger partial charge in [-0.05, 0) is 44.1 Å². The van der Waals surface area contributed by atoms with Crippen LogP contribution in [0.2, 0.25) is 0 Å². The molecule has 0 amide bonds. The third-order valence-electron chi connectivity index (χ3n) is 2.77. The summed E-state index contributed by atoms with van der Waals surface area (Å²) >= 11 is 0. The monoisotopic (exact) mass is 204 g/mol. The molecule has 0 N–H and O–H groups in total. The molecule has 1 atom stereocenters. The number of hydrogen-bond acceptors (Lipinski definition) is 1. The van der Waals surface area contributed by atoms with Crippen LogP contribution in [-0.4, -0.2) is 5.78 Å². The SMILES string of the molecule is C=C/C=C/CCCC1C=CC(=O)CCC1. The lowest BCUT2D eigenvalue weighted by atomic mass is 9.97. The normalized spacial score (nSPS) is 21.9. The lowest BCUT2D eigenvalue weighted by Crippen LogP contribution is -1.94. The van der Waals surface area contributed by atoms with E-state index in [2.05, 4.69) is 18.7 Å². The van der Waals surface area contributed by atoms with Crippen molar-refractivity contribution in [3.05, 3.63) is 37.0 Å². The van der Waals surface area contributed by atoms with Crippen molar-refractivity contribution in [2.24, 2.45) is 5.92 Å². The lowest BCUT2D eigenvalue weighted by Gasteiger charge is -2.08. The second-order valence-electron chi connectivity index (χ2n) is 4.07. The average molecular weight is 204 g/mol. The van der Waals surface area contributed by atoms with Crippen LogP contribution in [0.4, 0.5) is 0 Å². The molecule has 0 radical (unpaired) electrons. The molecule has 1 aliphatic carbocycles. The van der Waals surface area contributed by atoms with Crippen molar-refractivity contribution in [2.45, 2.75) is 38.5 Å². The molecular formula is C14H20O. The molecular weight excluding hydrogens is 184 g/mol. The quantitative estimate of drug-likeness (QED) is 0.491. The van der Waals surface area contributed by atoms with Crippen molar-refractivity contribution < 1.29 is 4.79 Å². The molecule has 0 aliphatic heterocycles. The second kappa shape index (κ2) is 7.22. The standard InChI is InChI=1S/C14H20O/c1-2-3-4-5-6-8-13-9-7-10-14(15)12-11-13/h2-4,11-13H,1,5-10H2/b4-3+. The molecule has 15 heavy (non-hydrogen) atoms. The zero-order chi connectivity index (χ0) is 10.9. The van der Waals surface area contributed by atoms with E-state index in [1.165, 1.54) is 19.3 Å². The number of carbonyl (C=O) groups is 1. The summed E-state index contributed by atoms with van der Waals surface area (Å²) in [6.45, 7) is 3.63. The summed E-state index contributed by atoms with van der Waals surface area (Å²) in [5, 5.41) is 0. The van der Waals surface area contributed by atoms with Gasteiger partial charge in [0.25, 0.3) is 0 Å². The molecule has 1 unspecified atom stereocenters. The van der Waals surface area contributed by atoms with Gasteiger partial charge in [-0.15, -0.1) is 0 Å². The molecule has 0 saturated carbocycles. The van der Waals surface area contributed by atoms with E-state index >= 15 is 0 Å². The summed E-state index contributed by atoms with van der Waals surface area (Å²) in [7, 11) is 0. The van der Waals surface area contributed by atoms with E-state index in [0.717, 1.165) is 19.3 Å².